The number of benzene rings is 2. The van der Waals surface area contributed by atoms with E-state index < -0.39 is 0 Å². The summed E-state index contributed by atoms with van der Waals surface area (Å²) in [5, 5.41) is 14.5. The molecule has 134 valence electrons. The minimum Gasteiger partial charge on any atom is -0.507 e. The quantitative estimate of drug-likeness (QED) is 0.535. The van der Waals surface area contributed by atoms with Crippen molar-refractivity contribution in [2.45, 2.75) is 26.2 Å². The number of aromatic nitrogens is 2. The van der Waals surface area contributed by atoms with Crippen molar-refractivity contribution < 1.29 is 5.11 Å². The first-order chi connectivity index (χ1) is 12.4. The van der Waals surface area contributed by atoms with Gasteiger partial charge >= 0.3 is 0 Å². The highest BCUT2D eigenvalue weighted by Gasteiger charge is 2.15. The maximum atomic E-state index is 13.0. The molecule has 1 aromatic heterocycles. The number of aromatic hydroxyl groups is 1. The minimum atomic E-state index is -0.208. The third kappa shape index (κ3) is 3.73. The van der Waals surface area contributed by atoms with Crippen molar-refractivity contribution in [2.75, 3.05) is 0 Å². The second kappa shape index (κ2) is 7.72. The van der Waals surface area contributed by atoms with Crippen molar-refractivity contribution in [2.24, 2.45) is 5.10 Å². The van der Waals surface area contributed by atoms with Crippen LogP contribution in [0.4, 0.5) is 0 Å². The first kappa shape index (κ1) is 18.8. The molecule has 0 aliphatic rings. The smallest absolute Gasteiger partial charge is 0.282 e. The van der Waals surface area contributed by atoms with Gasteiger partial charge in [-0.3, -0.25) is 4.79 Å². The number of halogens is 2. The second-order valence-corrected chi connectivity index (χ2v) is 7.78. The SMILES string of the molecule is CC[C@@H](C)c1nc2ccc(Br)cc2c(=O)n1N=Cc1ccc(O)c(Br)c1. The summed E-state index contributed by atoms with van der Waals surface area (Å²) >= 11 is 6.68. The maximum absolute atomic E-state index is 13.0. The van der Waals surface area contributed by atoms with Crippen LogP contribution in [0.1, 0.15) is 37.6 Å². The fourth-order valence-electron chi connectivity index (χ4n) is 2.51. The molecule has 0 radical (unpaired) electrons. The van der Waals surface area contributed by atoms with Crippen molar-refractivity contribution >= 4 is 49.0 Å². The Labute approximate surface area is 167 Å². The van der Waals surface area contributed by atoms with Crippen LogP contribution in [0.3, 0.4) is 0 Å². The number of hydrogen-bond donors (Lipinski definition) is 1. The highest BCUT2D eigenvalue weighted by atomic mass is 79.9. The Kier molecular flexibility index (Phi) is 5.58. The summed E-state index contributed by atoms with van der Waals surface area (Å²) in [6.45, 7) is 4.07. The predicted octanol–water partition coefficient (Wildman–Crippen LogP) is 5.02. The topological polar surface area (TPSA) is 67.5 Å². The van der Waals surface area contributed by atoms with Crippen LogP contribution in [0, 0.1) is 0 Å². The summed E-state index contributed by atoms with van der Waals surface area (Å²) in [6.07, 6.45) is 2.43. The first-order valence-electron chi connectivity index (χ1n) is 8.15. The molecule has 0 aliphatic heterocycles. The predicted molar refractivity (Wildman–Crippen MR) is 111 cm³/mol. The van der Waals surface area contributed by atoms with Crippen LogP contribution in [0.5, 0.6) is 5.75 Å². The van der Waals surface area contributed by atoms with Crippen LogP contribution in [-0.2, 0) is 0 Å². The van der Waals surface area contributed by atoms with Crippen LogP contribution in [-0.4, -0.2) is 21.0 Å². The molecule has 7 heteroatoms. The van der Waals surface area contributed by atoms with E-state index in [-0.39, 0.29) is 17.2 Å². The molecule has 26 heavy (non-hydrogen) atoms. The van der Waals surface area contributed by atoms with Crippen molar-refractivity contribution in [3.05, 3.63) is 67.1 Å². The lowest BCUT2D eigenvalue weighted by Crippen LogP contribution is -2.23. The van der Waals surface area contributed by atoms with Crippen LogP contribution >= 0.6 is 31.9 Å². The maximum Gasteiger partial charge on any atom is 0.282 e. The zero-order valence-electron chi connectivity index (χ0n) is 14.3. The van der Waals surface area contributed by atoms with Crippen molar-refractivity contribution in [1.29, 1.82) is 0 Å². The molecule has 3 rings (SSSR count). The molecule has 1 atom stereocenters. The van der Waals surface area contributed by atoms with Gasteiger partial charge in [0, 0.05) is 10.4 Å². The Morgan fingerprint density at radius 1 is 1.27 bits per heavy atom. The van der Waals surface area contributed by atoms with Gasteiger partial charge in [0.1, 0.15) is 11.6 Å². The summed E-state index contributed by atoms with van der Waals surface area (Å²) in [4.78, 5) is 17.7. The molecular formula is C19H17Br2N3O2. The van der Waals surface area contributed by atoms with Gasteiger partial charge in [0.05, 0.1) is 21.6 Å². The lowest BCUT2D eigenvalue weighted by Gasteiger charge is -2.14. The highest BCUT2D eigenvalue weighted by Crippen LogP contribution is 2.24. The van der Waals surface area contributed by atoms with Gasteiger partial charge in [-0.15, -0.1) is 0 Å². The van der Waals surface area contributed by atoms with Crippen LogP contribution < -0.4 is 5.56 Å². The summed E-state index contributed by atoms with van der Waals surface area (Å²) in [6, 6.07) is 10.5. The van der Waals surface area contributed by atoms with Crippen molar-refractivity contribution in [1.82, 2.24) is 9.66 Å². The lowest BCUT2D eigenvalue weighted by molar-refractivity contribution is 0.472. The number of nitrogens with zero attached hydrogens (tertiary/aromatic N) is 3. The third-order valence-corrected chi connectivity index (χ3v) is 5.31. The van der Waals surface area contributed by atoms with Crippen LogP contribution in [0.15, 0.2) is 55.2 Å². The summed E-state index contributed by atoms with van der Waals surface area (Å²) in [7, 11) is 0. The summed E-state index contributed by atoms with van der Waals surface area (Å²) in [5.74, 6) is 0.859. The van der Waals surface area contributed by atoms with Crippen LogP contribution in [0.25, 0.3) is 10.9 Å². The molecule has 0 fully saturated rings. The van der Waals surface area contributed by atoms with Crippen LogP contribution in [0.2, 0.25) is 0 Å². The van der Waals surface area contributed by atoms with E-state index in [0.29, 0.717) is 21.2 Å². The molecule has 0 saturated carbocycles. The normalized spacial score (nSPS) is 12.8. The Bertz CT molecular complexity index is 1060. The fraction of sp³-hybridized carbons (Fsp3) is 0.211. The molecule has 1 N–H and O–H groups in total. The molecule has 0 amide bonds. The Morgan fingerprint density at radius 2 is 2.04 bits per heavy atom. The molecule has 0 unspecified atom stereocenters. The minimum absolute atomic E-state index is 0.0828. The van der Waals surface area contributed by atoms with E-state index in [9.17, 15) is 9.90 Å². The summed E-state index contributed by atoms with van der Waals surface area (Å²) < 4.78 is 2.75. The van der Waals surface area contributed by atoms with Crippen molar-refractivity contribution in [3.63, 3.8) is 0 Å². The molecule has 5 nitrogen and oxygen atoms in total. The standard InChI is InChI=1S/C19H17Br2N3O2/c1-3-11(2)18-23-16-6-5-13(20)9-14(16)19(26)24(18)22-10-12-4-7-17(25)15(21)8-12/h4-11,25H,3H2,1-2H3/t11-/m1/s1. The van der Waals surface area contributed by atoms with E-state index in [2.05, 4.69) is 41.9 Å². The van der Waals surface area contributed by atoms with Gasteiger partial charge in [-0.05, 0) is 64.3 Å². The van der Waals surface area contributed by atoms with E-state index in [1.807, 2.05) is 26.0 Å². The molecule has 0 aliphatic carbocycles. The van der Waals surface area contributed by atoms with Gasteiger partial charge in [-0.25, -0.2) is 4.98 Å². The highest BCUT2D eigenvalue weighted by molar-refractivity contribution is 9.10. The number of phenolic OH excluding ortho intramolecular Hbond substituents is 1. The molecule has 3 aromatic rings. The van der Waals surface area contributed by atoms with E-state index in [1.165, 1.54) is 4.68 Å². The zero-order valence-corrected chi connectivity index (χ0v) is 17.5. The average molecular weight is 479 g/mol. The van der Waals surface area contributed by atoms with E-state index >= 15 is 0 Å². The van der Waals surface area contributed by atoms with E-state index in [4.69, 9.17) is 0 Å². The zero-order chi connectivity index (χ0) is 18.8. The molecule has 1 heterocycles. The van der Waals surface area contributed by atoms with E-state index in [0.717, 1.165) is 16.5 Å². The van der Waals surface area contributed by atoms with Gasteiger partial charge in [-0.2, -0.15) is 9.78 Å². The van der Waals surface area contributed by atoms with Gasteiger partial charge in [0.15, 0.2) is 0 Å². The Morgan fingerprint density at radius 3 is 2.73 bits per heavy atom. The largest absolute Gasteiger partial charge is 0.507 e. The molecule has 0 saturated heterocycles. The fourth-order valence-corrected chi connectivity index (χ4v) is 3.26. The molecule has 0 bridgehead atoms. The van der Waals surface area contributed by atoms with Gasteiger partial charge in [-0.1, -0.05) is 29.8 Å². The molecular weight excluding hydrogens is 462 g/mol. The average Bonchev–Trinajstić information content (AvgIpc) is 2.63. The first-order valence-corrected chi connectivity index (χ1v) is 9.74. The molecule has 0 spiro atoms. The molecule has 2 aromatic carbocycles. The Hall–Kier alpha value is -1.99. The number of fused-ring (bicyclic) bond motifs is 1. The second-order valence-electron chi connectivity index (χ2n) is 6.01. The van der Waals surface area contributed by atoms with Gasteiger partial charge in [0.2, 0.25) is 0 Å². The van der Waals surface area contributed by atoms with Gasteiger partial charge in [0.25, 0.3) is 5.56 Å². The lowest BCUT2D eigenvalue weighted by atomic mass is 10.1. The number of hydrogen-bond acceptors (Lipinski definition) is 4. The monoisotopic (exact) mass is 477 g/mol. The van der Waals surface area contributed by atoms with Gasteiger partial charge < -0.3 is 5.11 Å². The van der Waals surface area contributed by atoms with Crippen molar-refractivity contribution in [3.8, 4) is 5.75 Å². The number of phenols is 1. The van der Waals surface area contributed by atoms with E-state index in [1.54, 1.807) is 30.5 Å². The summed E-state index contributed by atoms with van der Waals surface area (Å²) in [5.41, 5.74) is 1.21. The Balaban J connectivity index is 2.18. The number of rotatable bonds is 4. The third-order valence-electron chi connectivity index (χ3n) is 4.18.